The Morgan fingerprint density at radius 1 is 1.39 bits per heavy atom. The van der Waals surface area contributed by atoms with Crippen LogP contribution < -0.4 is 4.90 Å². The van der Waals surface area contributed by atoms with Crippen LogP contribution in [0.4, 0.5) is 24.5 Å². The zero-order valence-electron chi connectivity index (χ0n) is 11.9. The average Bonchev–Trinajstić information content (AvgIpc) is 2.46. The summed E-state index contributed by atoms with van der Waals surface area (Å²) in [6, 6.07) is 3.84. The van der Waals surface area contributed by atoms with E-state index in [2.05, 4.69) is 0 Å². The Kier molecular flexibility index (Phi) is 5.55. The molecule has 0 aliphatic heterocycles. The van der Waals surface area contributed by atoms with E-state index in [-0.39, 0.29) is 25.2 Å². The molecule has 0 amide bonds. The van der Waals surface area contributed by atoms with Crippen LogP contribution in [0.5, 0.6) is 0 Å². The number of rotatable bonds is 6. The molecule has 0 saturated heterocycles. The smallest absolute Gasteiger partial charge is 0.365 e. The van der Waals surface area contributed by atoms with Crippen molar-refractivity contribution in [3.63, 3.8) is 0 Å². The second-order valence-electron chi connectivity index (χ2n) is 4.34. The number of hydrogen-bond acceptors (Lipinski definition) is 6. The lowest BCUT2D eigenvalue weighted by atomic mass is 10.2. The summed E-state index contributed by atoms with van der Waals surface area (Å²) in [6.07, 6.45) is 0.0492. The Hall–Kier alpha value is -2.35. The second-order valence-corrected chi connectivity index (χ2v) is 6.29. The quantitative estimate of drug-likeness (QED) is 0.576. The number of nitriles is 1. The summed E-state index contributed by atoms with van der Waals surface area (Å²) in [5.41, 5.74) is -6.36. The molecule has 0 N–H and O–H groups in total. The van der Waals surface area contributed by atoms with Gasteiger partial charge in [0, 0.05) is 19.2 Å². The third-order valence-electron chi connectivity index (χ3n) is 2.97. The van der Waals surface area contributed by atoms with Crippen molar-refractivity contribution in [3.8, 4) is 6.07 Å². The molecule has 0 aliphatic rings. The van der Waals surface area contributed by atoms with E-state index in [1.165, 1.54) is 4.90 Å². The van der Waals surface area contributed by atoms with Gasteiger partial charge in [-0.05, 0) is 19.1 Å². The van der Waals surface area contributed by atoms with Crippen LogP contribution in [-0.4, -0.2) is 31.9 Å². The van der Waals surface area contributed by atoms with Gasteiger partial charge < -0.3 is 4.90 Å². The number of sulfone groups is 1. The first-order valence-electron chi connectivity index (χ1n) is 6.28. The lowest BCUT2D eigenvalue weighted by molar-refractivity contribution is -0.384. The molecule has 0 heterocycles. The van der Waals surface area contributed by atoms with Crippen molar-refractivity contribution < 1.29 is 26.5 Å². The first-order valence-corrected chi connectivity index (χ1v) is 7.76. The molecule has 0 unspecified atom stereocenters. The van der Waals surface area contributed by atoms with Gasteiger partial charge in [-0.25, -0.2) is 8.42 Å². The standard InChI is InChI=1S/C12H12F3N3O4S/c1-2-17(7-3-6-16)10-5-4-9(8-11(10)18(19)20)23(21,22)12(13,14)15/h4-5,8H,2-3,7H2,1H3. The molecule has 23 heavy (non-hydrogen) atoms. The molecule has 1 rings (SSSR count). The summed E-state index contributed by atoms with van der Waals surface area (Å²) < 4.78 is 60.3. The van der Waals surface area contributed by atoms with Gasteiger partial charge in [-0.3, -0.25) is 10.1 Å². The van der Waals surface area contributed by atoms with Crippen molar-refractivity contribution in [3.05, 3.63) is 28.3 Å². The van der Waals surface area contributed by atoms with E-state index in [0.717, 1.165) is 6.07 Å². The average molecular weight is 351 g/mol. The first-order chi connectivity index (χ1) is 10.6. The van der Waals surface area contributed by atoms with Crippen molar-refractivity contribution in [2.45, 2.75) is 23.7 Å². The highest BCUT2D eigenvalue weighted by molar-refractivity contribution is 7.92. The lowest BCUT2D eigenvalue weighted by Gasteiger charge is -2.22. The fraction of sp³-hybridized carbons (Fsp3) is 0.417. The molecular weight excluding hydrogens is 339 g/mol. The fourth-order valence-electron chi connectivity index (χ4n) is 1.85. The Balaban J connectivity index is 3.45. The third-order valence-corrected chi connectivity index (χ3v) is 4.46. The normalized spacial score (nSPS) is 11.8. The molecule has 0 saturated carbocycles. The maximum atomic E-state index is 12.5. The summed E-state index contributed by atoms with van der Waals surface area (Å²) in [6.45, 7) is 2.02. The number of halogens is 3. The lowest BCUT2D eigenvalue weighted by Crippen LogP contribution is -2.26. The van der Waals surface area contributed by atoms with Crippen LogP contribution in [0.25, 0.3) is 0 Å². The SMILES string of the molecule is CCN(CCC#N)c1ccc(S(=O)(=O)C(F)(F)F)cc1[N+](=O)[O-]. The van der Waals surface area contributed by atoms with Gasteiger partial charge in [-0.2, -0.15) is 18.4 Å². The Bertz CT molecular complexity index is 741. The Labute approximate surface area is 130 Å². The van der Waals surface area contributed by atoms with Crippen molar-refractivity contribution >= 4 is 21.2 Å². The maximum absolute atomic E-state index is 12.5. The first kappa shape index (κ1) is 18.7. The van der Waals surface area contributed by atoms with Crippen molar-refractivity contribution in [1.29, 1.82) is 5.26 Å². The summed E-state index contributed by atoms with van der Waals surface area (Å²) >= 11 is 0. The molecule has 11 heteroatoms. The molecule has 7 nitrogen and oxygen atoms in total. The van der Waals surface area contributed by atoms with Crippen LogP contribution in [-0.2, 0) is 9.84 Å². The number of nitro groups is 1. The van der Waals surface area contributed by atoms with E-state index >= 15 is 0 Å². The van der Waals surface area contributed by atoms with Crippen molar-refractivity contribution in [1.82, 2.24) is 0 Å². The van der Waals surface area contributed by atoms with Gasteiger partial charge in [0.15, 0.2) is 0 Å². The Morgan fingerprint density at radius 3 is 2.43 bits per heavy atom. The minimum Gasteiger partial charge on any atom is -0.365 e. The van der Waals surface area contributed by atoms with Crippen LogP contribution in [0.2, 0.25) is 0 Å². The number of hydrogen-bond donors (Lipinski definition) is 0. The summed E-state index contributed by atoms with van der Waals surface area (Å²) in [5.74, 6) is 0. The van der Waals surface area contributed by atoms with Gasteiger partial charge in [0.2, 0.25) is 0 Å². The molecule has 0 radical (unpaired) electrons. The summed E-state index contributed by atoms with van der Waals surface area (Å²) in [5, 5.41) is 19.6. The number of benzene rings is 1. The van der Waals surface area contributed by atoms with E-state index in [1.807, 2.05) is 6.07 Å². The van der Waals surface area contributed by atoms with Gasteiger partial charge in [-0.1, -0.05) is 0 Å². The van der Waals surface area contributed by atoms with Crippen LogP contribution in [0.15, 0.2) is 23.1 Å². The maximum Gasteiger partial charge on any atom is 0.501 e. The highest BCUT2D eigenvalue weighted by Crippen LogP contribution is 2.36. The van der Waals surface area contributed by atoms with E-state index < -0.39 is 30.9 Å². The number of nitro benzene ring substituents is 1. The molecule has 0 aliphatic carbocycles. The monoisotopic (exact) mass is 351 g/mol. The molecule has 0 atom stereocenters. The Morgan fingerprint density at radius 2 is 2.00 bits per heavy atom. The largest absolute Gasteiger partial charge is 0.501 e. The zero-order chi connectivity index (χ0) is 17.8. The minimum atomic E-state index is -5.67. The molecule has 1 aromatic carbocycles. The summed E-state index contributed by atoms with van der Waals surface area (Å²) in [7, 11) is -5.67. The predicted octanol–water partition coefficient (Wildman–Crippen LogP) is 2.63. The van der Waals surface area contributed by atoms with Crippen LogP contribution in [0.3, 0.4) is 0 Å². The van der Waals surface area contributed by atoms with E-state index in [4.69, 9.17) is 5.26 Å². The minimum absolute atomic E-state index is 0.0473. The second kappa shape index (κ2) is 6.82. The molecule has 0 fully saturated rings. The zero-order valence-corrected chi connectivity index (χ0v) is 12.7. The highest BCUT2D eigenvalue weighted by Gasteiger charge is 2.47. The number of alkyl halides is 3. The van der Waals surface area contributed by atoms with Crippen LogP contribution in [0.1, 0.15) is 13.3 Å². The molecular formula is C12H12F3N3O4S. The van der Waals surface area contributed by atoms with Gasteiger partial charge in [0.05, 0.1) is 22.3 Å². The van der Waals surface area contributed by atoms with E-state index in [0.29, 0.717) is 12.1 Å². The topological polar surface area (TPSA) is 104 Å². The molecule has 0 spiro atoms. The van der Waals surface area contributed by atoms with Gasteiger partial charge in [0.25, 0.3) is 15.5 Å². The van der Waals surface area contributed by atoms with Gasteiger partial charge in [0.1, 0.15) is 5.69 Å². The summed E-state index contributed by atoms with van der Waals surface area (Å²) in [4.78, 5) is 10.3. The van der Waals surface area contributed by atoms with E-state index in [1.54, 1.807) is 6.92 Å². The molecule has 126 valence electrons. The number of nitrogens with zero attached hydrogens (tertiary/aromatic N) is 3. The van der Waals surface area contributed by atoms with Crippen molar-refractivity contribution in [2.75, 3.05) is 18.0 Å². The molecule has 0 aromatic heterocycles. The molecule has 1 aromatic rings. The van der Waals surface area contributed by atoms with E-state index in [9.17, 15) is 31.7 Å². The predicted molar refractivity (Wildman–Crippen MR) is 74.5 cm³/mol. The van der Waals surface area contributed by atoms with Gasteiger partial charge >= 0.3 is 5.51 Å². The fourth-order valence-corrected chi connectivity index (χ4v) is 2.63. The van der Waals surface area contributed by atoms with Crippen molar-refractivity contribution in [2.24, 2.45) is 0 Å². The highest BCUT2D eigenvalue weighted by atomic mass is 32.2. The van der Waals surface area contributed by atoms with Gasteiger partial charge in [-0.15, -0.1) is 0 Å². The van der Waals surface area contributed by atoms with Crippen LogP contribution >= 0.6 is 0 Å². The van der Waals surface area contributed by atoms with Crippen LogP contribution in [0, 0.1) is 21.4 Å². The third kappa shape index (κ3) is 3.89. The number of anilines is 1. The molecule has 0 bridgehead atoms.